The van der Waals surface area contributed by atoms with Crippen molar-refractivity contribution in [2.24, 2.45) is 0 Å². The third-order valence-corrected chi connectivity index (χ3v) is 4.09. The van der Waals surface area contributed by atoms with Gasteiger partial charge in [-0.2, -0.15) is 0 Å². The first-order valence-electron chi connectivity index (χ1n) is 6.02. The highest BCUT2D eigenvalue weighted by molar-refractivity contribution is 9.10. The van der Waals surface area contributed by atoms with E-state index in [-0.39, 0.29) is 0 Å². The molecule has 2 N–H and O–H groups in total. The smallest absolute Gasteiger partial charge is 0.0461 e. The Balaban J connectivity index is 2.05. The van der Waals surface area contributed by atoms with E-state index < -0.39 is 0 Å². The van der Waals surface area contributed by atoms with Gasteiger partial charge in [-0.25, -0.2) is 0 Å². The first-order valence-corrected chi connectivity index (χ1v) is 7.19. The molecule has 19 heavy (non-hydrogen) atoms. The number of hydrogen-bond donors (Lipinski definition) is 1. The molecule has 0 fully saturated rings. The molecule has 0 aliphatic carbocycles. The summed E-state index contributed by atoms with van der Waals surface area (Å²) in [6.45, 7) is 1.68. The van der Waals surface area contributed by atoms with Crippen molar-refractivity contribution < 1.29 is 0 Å². The predicted octanol–water partition coefficient (Wildman–Crippen LogP) is 4.32. The highest BCUT2D eigenvalue weighted by atomic mass is 79.9. The quantitative estimate of drug-likeness (QED) is 0.841. The van der Waals surface area contributed by atoms with Gasteiger partial charge in [-0.1, -0.05) is 35.9 Å². The van der Waals surface area contributed by atoms with E-state index in [2.05, 4.69) is 40.0 Å². The van der Waals surface area contributed by atoms with Gasteiger partial charge in [0.2, 0.25) is 0 Å². The fourth-order valence-electron chi connectivity index (χ4n) is 2.02. The molecule has 2 rings (SSSR count). The van der Waals surface area contributed by atoms with Crippen molar-refractivity contribution in [2.45, 2.75) is 13.1 Å². The molecule has 4 heteroatoms. The monoisotopic (exact) mass is 338 g/mol. The Morgan fingerprint density at radius 1 is 1.16 bits per heavy atom. The zero-order valence-electron chi connectivity index (χ0n) is 10.7. The lowest BCUT2D eigenvalue weighted by Gasteiger charge is -2.18. The van der Waals surface area contributed by atoms with Crippen LogP contribution in [0.1, 0.15) is 11.1 Å². The van der Waals surface area contributed by atoms with Gasteiger partial charge in [-0.15, -0.1) is 0 Å². The first kappa shape index (κ1) is 14.4. The van der Waals surface area contributed by atoms with Crippen molar-refractivity contribution in [3.8, 4) is 0 Å². The molecule has 0 amide bonds. The third-order valence-electron chi connectivity index (χ3n) is 2.89. The van der Waals surface area contributed by atoms with E-state index in [1.165, 1.54) is 11.1 Å². The van der Waals surface area contributed by atoms with Gasteiger partial charge < -0.3 is 5.73 Å². The average molecular weight is 340 g/mol. The predicted molar refractivity (Wildman–Crippen MR) is 85.2 cm³/mol. The second-order valence-corrected chi connectivity index (χ2v) is 5.85. The summed E-state index contributed by atoms with van der Waals surface area (Å²) in [5.41, 5.74) is 9.05. The number of nitrogen functional groups attached to an aromatic ring is 1. The molecule has 0 spiro atoms. The molecule has 0 heterocycles. The molecule has 100 valence electrons. The molecule has 0 aliphatic rings. The lowest BCUT2D eigenvalue weighted by Crippen LogP contribution is -2.17. The van der Waals surface area contributed by atoms with Crippen molar-refractivity contribution in [3.63, 3.8) is 0 Å². The van der Waals surface area contributed by atoms with E-state index >= 15 is 0 Å². The average Bonchev–Trinajstić information content (AvgIpc) is 2.35. The Kier molecular flexibility index (Phi) is 4.86. The van der Waals surface area contributed by atoms with Crippen molar-refractivity contribution in [1.82, 2.24) is 4.90 Å². The van der Waals surface area contributed by atoms with Crippen LogP contribution in [0.2, 0.25) is 5.02 Å². The number of rotatable bonds is 4. The minimum atomic E-state index is 0.772. The minimum Gasteiger partial charge on any atom is -0.398 e. The van der Waals surface area contributed by atoms with E-state index in [0.717, 1.165) is 28.3 Å². The lowest BCUT2D eigenvalue weighted by molar-refractivity contribution is 0.318. The van der Waals surface area contributed by atoms with Crippen molar-refractivity contribution in [3.05, 3.63) is 63.1 Å². The van der Waals surface area contributed by atoms with Gasteiger partial charge >= 0.3 is 0 Å². The van der Waals surface area contributed by atoms with Gasteiger partial charge in [0.15, 0.2) is 0 Å². The summed E-state index contributed by atoms with van der Waals surface area (Å²) in [6.07, 6.45) is 0. The molecule has 0 aromatic heterocycles. The topological polar surface area (TPSA) is 29.3 Å². The highest BCUT2D eigenvalue weighted by Crippen LogP contribution is 2.25. The minimum absolute atomic E-state index is 0.772. The van der Waals surface area contributed by atoms with Crippen molar-refractivity contribution >= 4 is 33.2 Å². The normalized spacial score (nSPS) is 10.9. The summed E-state index contributed by atoms with van der Waals surface area (Å²) in [4.78, 5) is 2.23. The number of anilines is 1. The maximum atomic E-state index is 5.99. The van der Waals surface area contributed by atoms with Crippen LogP contribution in [0.3, 0.4) is 0 Å². The van der Waals surface area contributed by atoms with Gasteiger partial charge in [0.25, 0.3) is 0 Å². The van der Waals surface area contributed by atoms with E-state index in [0.29, 0.717) is 0 Å². The highest BCUT2D eigenvalue weighted by Gasteiger charge is 2.07. The molecule has 2 aromatic carbocycles. The summed E-state index contributed by atoms with van der Waals surface area (Å²) >= 11 is 9.52. The summed E-state index contributed by atoms with van der Waals surface area (Å²) in [6, 6.07) is 13.9. The second-order valence-electron chi connectivity index (χ2n) is 4.62. The zero-order chi connectivity index (χ0) is 13.8. The van der Waals surface area contributed by atoms with Gasteiger partial charge in [0.1, 0.15) is 0 Å². The van der Waals surface area contributed by atoms with E-state index in [1.54, 1.807) is 0 Å². The number of nitrogens with zero attached hydrogens (tertiary/aromatic N) is 1. The van der Waals surface area contributed by atoms with Gasteiger partial charge in [-0.05, 0) is 52.3 Å². The number of halogens is 2. The van der Waals surface area contributed by atoms with Crippen LogP contribution in [0, 0.1) is 0 Å². The molecule has 0 unspecified atom stereocenters. The van der Waals surface area contributed by atoms with Crippen LogP contribution in [0.25, 0.3) is 0 Å². The lowest BCUT2D eigenvalue weighted by atomic mass is 10.1. The fourth-order valence-corrected chi connectivity index (χ4v) is 2.62. The summed E-state index contributed by atoms with van der Waals surface area (Å²) < 4.78 is 0.980. The van der Waals surface area contributed by atoms with Gasteiger partial charge in [-0.3, -0.25) is 4.90 Å². The standard InChI is InChI=1S/C15H16BrClN2/c1-19(9-11-4-2-6-13(17)8-11)10-12-5-3-7-14(18)15(12)16/h2-8H,9-10,18H2,1H3. The Bertz CT molecular complexity index is 572. The van der Waals surface area contributed by atoms with Crippen LogP contribution >= 0.6 is 27.5 Å². The van der Waals surface area contributed by atoms with Gasteiger partial charge in [0, 0.05) is 28.3 Å². The molecule has 0 saturated heterocycles. The van der Waals surface area contributed by atoms with Crippen molar-refractivity contribution in [1.29, 1.82) is 0 Å². The number of benzene rings is 2. The third kappa shape index (κ3) is 3.96. The first-order chi connectivity index (χ1) is 9.06. The summed E-state index contributed by atoms with van der Waals surface area (Å²) in [5, 5.41) is 0.774. The molecule has 0 radical (unpaired) electrons. The van der Waals surface area contributed by atoms with Crippen LogP contribution in [0.4, 0.5) is 5.69 Å². The van der Waals surface area contributed by atoms with Crippen molar-refractivity contribution in [2.75, 3.05) is 12.8 Å². The number of hydrogen-bond acceptors (Lipinski definition) is 2. The second kappa shape index (κ2) is 6.42. The molecular weight excluding hydrogens is 324 g/mol. The van der Waals surface area contributed by atoms with Crippen LogP contribution in [-0.2, 0) is 13.1 Å². The summed E-state index contributed by atoms with van der Waals surface area (Å²) in [5.74, 6) is 0. The molecule has 0 saturated carbocycles. The molecule has 2 nitrogen and oxygen atoms in total. The van der Waals surface area contributed by atoms with Crippen LogP contribution < -0.4 is 5.73 Å². The molecule has 2 aromatic rings. The molecular formula is C15H16BrClN2. The maximum Gasteiger partial charge on any atom is 0.0461 e. The Labute approximate surface area is 127 Å². The maximum absolute atomic E-state index is 5.99. The largest absolute Gasteiger partial charge is 0.398 e. The summed E-state index contributed by atoms with van der Waals surface area (Å²) in [7, 11) is 2.08. The molecule has 0 aliphatic heterocycles. The SMILES string of the molecule is CN(Cc1cccc(Cl)c1)Cc1cccc(N)c1Br. The van der Waals surface area contributed by atoms with Crippen LogP contribution in [0.5, 0.6) is 0 Å². The van der Waals surface area contributed by atoms with E-state index in [4.69, 9.17) is 17.3 Å². The zero-order valence-corrected chi connectivity index (χ0v) is 13.1. The Morgan fingerprint density at radius 3 is 2.63 bits per heavy atom. The Hall–Kier alpha value is -1.03. The Morgan fingerprint density at radius 2 is 1.89 bits per heavy atom. The fraction of sp³-hybridized carbons (Fsp3) is 0.200. The molecule has 0 atom stereocenters. The van der Waals surface area contributed by atoms with Gasteiger partial charge in [0.05, 0.1) is 0 Å². The molecule has 0 bridgehead atoms. The number of nitrogens with two attached hydrogens (primary N) is 1. The van der Waals surface area contributed by atoms with E-state index in [9.17, 15) is 0 Å². The van der Waals surface area contributed by atoms with Crippen LogP contribution in [-0.4, -0.2) is 11.9 Å². The van der Waals surface area contributed by atoms with Crippen LogP contribution in [0.15, 0.2) is 46.9 Å². The van der Waals surface area contributed by atoms with E-state index in [1.807, 2.05) is 30.3 Å².